The molecule has 2 aliphatic rings. The van der Waals surface area contributed by atoms with Crippen molar-refractivity contribution in [3.63, 3.8) is 0 Å². The van der Waals surface area contributed by atoms with E-state index < -0.39 is 41.3 Å². The zero-order valence-corrected chi connectivity index (χ0v) is 26.9. The molecule has 2 bridgehead atoms. The third kappa shape index (κ3) is 6.88. The van der Waals surface area contributed by atoms with Crippen LogP contribution in [0.2, 0.25) is 0 Å². The van der Waals surface area contributed by atoms with Crippen LogP contribution in [0, 0.1) is 11.8 Å². The fourth-order valence-corrected chi connectivity index (χ4v) is 6.25. The average molecular weight is 629 g/mol. The fourth-order valence-electron chi connectivity index (χ4n) is 6.25. The molecule has 0 saturated carbocycles. The van der Waals surface area contributed by atoms with Crippen molar-refractivity contribution in [3.05, 3.63) is 86.3 Å². The Morgan fingerprint density at radius 1 is 1.09 bits per heavy atom. The van der Waals surface area contributed by atoms with Gasteiger partial charge in [0.15, 0.2) is 17.8 Å². The van der Waals surface area contributed by atoms with Crippen molar-refractivity contribution >= 4 is 22.9 Å². The zero-order chi connectivity index (χ0) is 33.0. The first-order valence-corrected chi connectivity index (χ1v) is 15.5. The van der Waals surface area contributed by atoms with E-state index in [0.717, 1.165) is 16.7 Å². The summed E-state index contributed by atoms with van der Waals surface area (Å²) in [6.45, 7) is 6.87. The van der Waals surface area contributed by atoms with Gasteiger partial charge in [0.25, 0.3) is 0 Å². The number of hydrogen-bond donors (Lipinski definition) is 1. The topological polar surface area (TPSA) is 122 Å². The Morgan fingerprint density at radius 3 is 2.59 bits per heavy atom. The molecule has 1 N–H and O–H groups in total. The Labute approximate surface area is 268 Å². The number of carbonyl (C=O) groups is 2. The van der Waals surface area contributed by atoms with Gasteiger partial charge in [-0.2, -0.15) is 0 Å². The molecule has 4 atom stereocenters. The molecule has 9 nitrogen and oxygen atoms in total. The van der Waals surface area contributed by atoms with Gasteiger partial charge in [0, 0.05) is 49.5 Å². The van der Waals surface area contributed by atoms with Crippen LogP contribution < -0.4 is 10.4 Å². The molecule has 0 spiro atoms. The molecule has 3 aromatic rings. The summed E-state index contributed by atoms with van der Waals surface area (Å²) in [6.07, 6.45) is -0.216. The molecule has 2 aliphatic heterocycles. The first-order chi connectivity index (χ1) is 22.0. The molecule has 46 heavy (non-hydrogen) atoms. The number of hydrogen-bond acceptors (Lipinski definition) is 9. The number of allylic oxidation sites excluding steroid dienone is 1. The first kappa shape index (κ1) is 33.0. The van der Waals surface area contributed by atoms with Gasteiger partial charge in [-0.3, -0.25) is 4.79 Å². The van der Waals surface area contributed by atoms with Crippen LogP contribution in [0.25, 0.3) is 11.0 Å². The molecule has 9 heteroatoms. The van der Waals surface area contributed by atoms with Gasteiger partial charge >= 0.3 is 17.6 Å². The van der Waals surface area contributed by atoms with Crippen molar-refractivity contribution < 1.29 is 38.1 Å². The number of aryl methyl sites for hydroxylation is 1. The highest BCUT2D eigenvalue weighted by molar-refractivity contribution is 5.90. The minimum Gasteiger partial charge on any atom is -0.482 e. The number of rotatable bonds is 6. The lowest BCUT2D eigenvalue weighted by Gasteiger charge is -2.44. The number of fused-ring (bicyclic) bond motifs is 6. The van der Waals surface area contributed by atoms with Gasteiger partial charge in [0.1, 0.15) is 11.3 Å². The predicted octanol–water partition coefficient (Wildman–Crippen LogP) is 5.49. The molecule has 3 heterocycles. The molecule has 0 fully saturated rings. The highest BCUT2D eigenvalue weighted by atomic mass is 16.6. The highest BCUT2D eigenvalue weighted by Gasteiger charge is 2.52. The van der Waals surface area contributed by atoms with E-state index in [2.05, 4.69) is 17.9 Å². The molecule has 2 aromatic carbocycles. The predicted molar refractivity (Wildman–Crippen MR) is 171 cm³/mol. The van der Waals surface area contributed by atoms with E-state index in [9.17, 15) is 19.5 Å². The van der Waals surface area contributed by atoms with Gasteiger partial charge in [-0.15, -0.1) is 0 Å². The maximum atomic E-state index is 13.9. The Balaban J connectivity index is 1.67. The van der Waals surface area contributed by atoms with Crippen LogP contribution >= 0.6 is 0 Å². The van der Waals surface area contributed by atoms with Gasteiger partial charge in [-0.05, 0) is 69.4 Å². The van der Waals surface area contributed by atoms with E-state index in [4.69, 9.17) is 23.4 Å². The second-order valence-electron chi connectivity index (χ2n) is 12.3. The van der Waals surface area contributed by atoms with Crippen LogP contribution in [0.3, 0.4) is 0 Å². The summed E-state index contributed by atoms with van der Waals surface area (Å²) >= 11 is 0. The molecule has 0 aliphatic carbocycles. The van der Waals surface area contributed by atoms with Crippen molar-refractivity contribution in [1.29, 1.82) is 0 Å². The highest BCUT2D eigenvalue weighted by Crippen LogP contribution is 2.48. The monoisotopic (exact) mass is 628 g/mol. The summed E-state index contributed by atoms with van der Waals surface area (Å²) < 4.78 is 30.0. The summed E-state index contributed by atoms with van der Waals surface area (Å²) in [5.41, 5.74) is 2.45. The normalized spacial score (nSPS) is 21.8. The minimum atomic E-state index is -1.23. The molecular weight excluding hydrogens is 588 g/mol. The first-order valence-electron chi connectivity index (χ1n) is 15.5. The van der Waals surface area contributed by atoms with E-state index in [1.807, 2.05) is 32.0 Å². The van der Waals surface area contributed by atoms with Gasteiger partial charge in [-0.25, -0.2) is 9.59 Å². The number of esters is 2. The van der Waals surface area contributed by atoms with Crippen LogP contribution in [0.4, 0.5) is 0 Å². The van der Waals surface area contributed by atoms with Crippen LogP contribution in [-0.4, -0.2) is 49.1 Å². The largest absolute Gasteiger partial charge is 0.482 e. The average Bonchev–Trinajstić information content (AvgIpc) is 3.00. The smallest absolute Gasteiger partial charge is 0.339 e. The number of carbonyl (C=O) groups excluding carboxylic acids is 2. The second kappa shape index (κ2) is 13.9. The van der Waals surface area contributed by atoms with Crippen molar-refractivity contribution in [1.82, 2.24) is 0 Å². The third-order valence-electron chi connectivity index (χ3n) is 8.61. The zero-order valence-electron chi connectivity index (χ0n) is 26.9. The number of ether oxygens (including phenoxy) is 4. The number of benzene rings is 2. The molecule has 0 amide bonds. The quantitative estimate of drug-likeness (QED) is 0.163. The van der Waals surface area contributed by atoms with Crippen LogP contribution in [0.1, 0.15) is 81.2 Å². The molecule has 5 rings (SSSR count). The molecule has 0 radical (unpaired) electrons. The van der Waals surface area contributed by atoms with Crippen LogP contribution in [-0.2, 0) is 36.6 Å². The van der Waals surface area contributed by atoms with Gasteiger partial charge in [0.05, 0.1) is 18.6 Å². The Bertz CT molecular complexity index is 1780. The van der Waals surface area contributed by atoms with Gasteiger partial charge in [-0.1, -0.05) is 41.7 Å². The number of aliphatic hydroxyl groups is 1. The Kier molecular flexibility index (Phi) is 10.00. The summed E-state index contributed by atoms with van der Waals surface area (Å²) in [7, 11) is 1.53. The summed E-state index contributed by atoms with van der Waals surface area (Å²) in [6, 6.07) is 13.3. The van der Waals surface area contributed by atoms with Gasteiger partial charge in [0.2, 0.25) is 0 Å². The molecule has 1 aromatic heterocycles. The number of aliphatic hydroxyl groups excluding tert-OH is 1. The maximum absolute atomic E-state index is 13.9. The van der Waals surface area contributed by atoms with Crippen LogP contribution in [0.5, 0.6) is 5.75 Å². The second-order valence-corrected chi connectivity index (χ2v) is 12.3. The molecule has 0 unspecified atom stereocenters. The van der Waals surface area contributed by atoms with Crippen molar-refractivity contribution in [2.24, 2.45) is 0 Å². The summed E-state index contributed by atoms with van der Waals surface area (Å²) in [5, 5.41) is 10.1. The van der Waals surface area contributed by atoms with E-state index >= 15 is 0 Å². The Hall–Kier alpha value is -4.39. The molecular formula is C37H40O9. The molecule has 0 saturated heterocycles. The van der Waals surface area contributed by atoms with Crippen molar-refractivity contribution in [2.75, 3.05) is 20.3 Å². The lowest BCUT2D eigenvalue weighted by molar-refractivity contribution is -0.188. The standard InChI is InChI=1S/C37H40O9/c1-22(2)28-14-12-25-11-8-10-24(19-25)9-6-7-17-37(4)34(45-35(28)40)33(43-23(3)39)31-30(46-37)15-13-26-20-29(36(41)44-32(26)31)27(16-18-38)21-42-5/h8,10-11,13,15,19-20,27,33-34,38H,9,12,14,16-18,21H2,1-5H3/t27-,33-,34+,37-/m1/s1. The van der Waals surface area contributed by atoms with E-state index in [-0.39, 0.29) is 25.2 Å². The van der Waals surface area contributed by atoms with Gasteiger partial charge < -0.3 is 28.5 Å². The summed E-state index contributed by atoms with van der Waals surface area (Å²) in [5.74, 6) is 5.21. The maximum Gasteiger partial charge on any atom is 0.339 e. The molecule has 242 valence electrons. The lowest BCUT2D eigenvalue weighted by Crippen LogP contribution is -2.54. The fraction of sp³-hybridized carbons (Fsp3) is 0.432. The third-order valence-corrected chi connectivity index (χ3v) is 8.61. The SMILES string of the molecule is COC[C@@H](CCO)c1cc2ccc3c(c2oc1=O)[C@@H](OC(C)=O)[C@@H]1OC(=O)C(=C(C)C)CCc2cccc(c2)CC#CC[C@@]1(C)O3. The minimum absolute atomic E-state index is 0.133. The van der Waals surface area contributed by atoms with E-state index in [1.165, 1.54) is 14.0 Å². The van der Waals surface area contributed by atoms with E-state index in [1.54, 1.807) is 25.1 Å². The van der Waals surface area contributed by atoms with Crippen molar-refractivity contribution in [2.45, 2.75) is 83.5 Å². The van der Waals surface area contributed by atoms with Crippen molar-refractivity contribution in [3.8, 4) is 17.6 Å². The van der Waals surface area contributed by atoms with Crippen LogP contribution in [0.15, 0.2) is 62.8 Å². The summed E-state index contributed by atoms with van der Waals surface area (Å²) in [4.78, 5) is 39.9. The lowest BCUT2D eigenvalue weighted by atomic mass is 9.83. The van der Waals surface area contributed by atoms with E-state index in [0.29, 0.717) is 53.5 Å². The number of methoxy groups -OCH3 is 1. The Morgan fingerprint density at radius 2 is 1.87 bits per heavy atom.